The second-order valence-electron chi connectivity index (χ2n) is 5.53. The molecule has 3 rings (SSSR count). The van der Waals surface area contributed by atoms with Crippen LogP contribution in [0.1, 0.15) is 35.9 Å². The summed E-state index contributed by atoms with van der Waals surface area (Å²) in [5.74, 6) is -0.264. The van der Waals surface area contributed by atoms with E-state index in [-0.39, 0.29) is 12.0 Å². The van der Waals surface area contributed by atoms with Crippen molar-refractivity contribution >= 4 is 28.9 Å². The minimum absolute atomic E-state index is 0.263. The lowest BCUT2D eigenvalue weighted by Crippen LogP contribution is -2.32. The van der Waals surface area contributed by atoms with Gasteiger partial charge in [-0.2, -0.15) is 0 Å². The summed E-state index contributed by atoms with van der Waals surface area (Å²) < 4.78 is 5.21. The topological polar surface area (TPSA) is 29.5 Å². The molecule has 1 aromatic heterocycles. The summed E-state index contributed by atoms with van der Waals surface area (Å²) in [5, 5.41) is 1.51. The second kappa shape index (κ2) is 6.41. The molecule has 0 unspecified atom stereocenters. The van der Waals surface area contributed by atoms with E-state index in [4.69, 9.17) is 16.3 Å². The van der Waals surface area contributed by atoms with Crippen molar-refractivity contribution < 1.29 is 9.53 Å². The third-order valence-electron chi connectivity index (χ3n) is 4.02. The number of carbonyl (C=O) groups excluding carboxylic acids is 1. The van der Waals surface area contributed by atoms with Gasteiger partial charge in [-0.3, -0.25) is 9.69 Å². The average molecular weight is 336 g/mol. The van der Waals surface area contributed by atoms with E-state index in [9.17, 15) is 4.79 Å². The maximum absolute atomic E-state index is 11.1. The van der Waals surface area contributed by atoms with E-state index < -0.39 is 0 Å². The summed E-state index contributed by atoms with van der Waals surface area (Å²) in [6.45, 7) is 5.47. The number of ether oxygens (including phenoxy) is 1. The number of thiophene rings is 1. The number of rotatable bonds is 3. The van der Waals surface area contributed by atoms with Crippen LogP contribution in [0.15, 0.2) is 30.3 Å². The Kier molecular flexibility index (Phi) is 4.52. The molecule has 1 aliphatic heterocycles. The van der Waals surface area contributed by atoms with Crippen LogP contribution in [-0.4, -0.2) is 17.4 Å². The summed E-state index contributed by atoms with van der Waals surface area (Å²) in [5.41, 5.74) is 2.41. The van der Waals surface area contributed by atoms with Crippen molar-refractivity contribution in [1.82, 2.24) is 4.90 Å². The fourth-order valence-corrected chi connectivity index (χ4v) is 4.21. The lowest BCUT2D eigenvalue weighted by Gasteiger charge is -2.33. The minimum atomic E-state index is -0.264. The van der Waals surface area contributed by atoms with Gasteiger partial charge in [0.05, 0.1) is 0 Å². The monoisotopic (exact) mass is 335 g/mol. The molecular formula is C17H18ClNO2S. The van der Waals surface area contributed by atoms with Crippen molar-refractivity contribution in [2.24, 2.45) is 0 Å². The molecule has 2 aromatic rings. The summed E-state index contributed by atoms with van der Waals surface area (Å²) in [7, 11) is 0. The third-order valence-corrected chi connectivity index (χ3v) is 5.48. The number of carbonyl (C=O) groups is 1. The molecule has 116 valence electrons. The van der Waals surface area contributed by atoms with E-state index in [0.29, 0.717) is 5.06 Å². The van der Waals surface area contributed by atoms with Crippen molar-refractivity contribution in [1.29, 1.82) is 0 Å². The smallest absolute Gasteiger partial charge is 0.308 e. The molecule has 0 aliphatic carbocycles. The molecule has 0 radical (unpaired) electrons. The van der Waals surface area contributed by atoms with Gasteiger partial charge in [-0.25, -0.2) is 0 Å². The van der Waals surface area contributed by atoms with Gasteiger partial charge in [0.25, 0.3) is 0 Å². The Bertz CT molecular complexity index is 698. The van der Waals surface area contributed by atoms with Crippen LogP contribution in [0.4, 0.5) is 0 Å². The third kappa shape index (κ3) is 3.19. The van der Waals surface area contributed by atoms with Gasteiger partial charge in [0.15, 0.2) is 5.06 Å². The molecule has 0 spiro atoms. The normalized spacial score (nSPS) is 16.1. The number of benzene rings is 1. The van der Waals surface area contributed by atoms with Crippen molar-refractivity contribution in [3.63, 3.8) is 0 Å². The molecule has 1 aliphatic rings. The van der Waals surface area contributed by atoms with E-state index in [1.807, 2.05) is 24.3 Å². The first kappa shape index (κ1) is 15.5. The first-order chi connectivity index (χ1) is 10.5. The summed E-state index contributed by atoms with van der Waals surface area (Å²) in [6.07, 6.45) is 0.982. The Morgan fingerprint density at radius 2 is 2.18 bits per heavy atom. The largest absolute Gasteiger partial charge is 0.416 e. The van der Waals surface area contributed by atoms with Crippen LogP contribution < -0.4 is 4.74 Å². The lowest BCUT2D eigenvalue weighted by molar-refractivity contribution is -0.131. The van der Waals surface area contributed by atoms with Crippen LogP contribution >= 0.6 is 22.9 Å². The first-order valence-corrected chi connectivity index (χ1v) is 8.52. The average Bonchev–Trinajstić information content (AvgIpc) is 2.87. The first-order valence-electron chi connectivity index (χ1n) is 7.33. The number of hydrogen-bond acceptors (Lipinski definition) is 4. The van der Waals surface area contributed by atoms with Gasteiger partial charge in [-0.1, -0.05) is 29.8 Å². The van der Waals surface area contributed by atoms with E-state index >= 15 is 0 Å². The van der Waals surface area contributed by atoms with Gasteiger partial charge >= 0.3 is 5.97 Å². The fourth-order valence-electron chi connectivity index (χ4n) is 2.86. The molecule has 1 aromatic carbocycles. The van der Waals surface area contributed by atoms with Gasteiger partial charge in [0, 0.05) is 36.0 Å². The summed E-state index contributed by atoms with van der Waals surface area (Å²) >= 11 is 7.90. The van der Waals surface area contributed by atoms with Gasteiger partial charge in [-0.15, -0.1) is 11.3 Å². The van der Waals surface area contributed by atoms with Crippen molar-refractivity contribution in [3.8, 4) is 5.06 Å². The molecule has 0 saturated carbocycles. The fraction of sp³-hybridized carbons (Fsp3) is 0.353. The molecule has 0 amide bonds. The summed E-state index contributed by atoms with van der Waals surface area (Å²) in [6, 6.07) is 10.3. The maximum Gasteiger partial charge on any atom is 0.308 e. The van der Waals surface area contributed by atoms with E-state index in [0.717, 1.165) is 30.1 Å². The van der Waals surface area contributed by atoms with Crippen LogP contribution in [-0.2, 0) is 17.8 Å². The molecule has 3 nitrogen and oxygen atoms in total. The van der Waals surface area contributed by atoms with Crippen LogP contribution in [0, 0.1) is 0 Å². The van der Waals surface area contributed by atoms with Crippen LogP contribution in [0.2, 0.25) is 5.02 Å². The number of nitrogens with zero attached hydrogens (tertiary/aromatic N) is 1. The molecule has 0 N–H and O–H groups in total. The molecule has 5 heteroatoms. The predicted octanol–water partition coefficient (Wildman–Crippen LogP) is 4.45. The van der Waals surface area contributed by atoms with Gasteiger partial charge in [0.2, 0.25) is 0 Å². The quantitative estimate of drug-likeness (QED) is 0.776. The predicted molar refractivity (Wildman–Crippen MR) is 89.6 cm³/mol. The zero-order chi connectivity index (χ0) is 15.7. The molecule has 1 atom stereocenters. The van der Waals surface area contributed by atoms with E-state index in [1.165, 1.54) is 17.4 Å². The highest BCUT2D eigenvalue weighted by Crippen LogP contribution is 2.37. The van der Waals surface area contributed by atoms with Crippen LogP contribution in [0.5, 0.6) is 5.06 Å². The number of hydrogen-bond donors (Lipinski definition) is 0. The minimum Gasteiger partial charge on any atom is -0.416 e. The highest BCUT2D eigenvalue weighted by atomic mass is 35.5. The van der Waals surface area contributed by atoms with E-state index in [1.54, 1.807) is 11.3 Å². The van der Waals surface area contributed by atoms with Crippen LogP contribution in [0.25, 0.3) is 0 Å². The Hall–Kier alpha value is -1.36. The zero-order valence-corrected chi connectivity index (χ0v) is 14.2. The zero-order valence-electron chi connectivity index (χ0n) is 12.6. The summed E-state index contributed by atoms with van der Waals surface area (Å²) in [4.78, 5) is 14.8. The SMILES string of the molecule is CC(=O)Oc1cc2c(s1)CCN([C@H](C)c1ccccc1Cl)C2. The Balaban J connectivity index is 1.78. The number of fused-ring (bicyclic) bond motifs is 1. The molecule has 0 saturated heterocycles. The molecule has 0 bridgehead atoms. The Morgan fingerprint density at radius 1 is 1.41 bits per heavy atom. The highest BCUT2D eigenvalue weighted by molar-refractivity contribution is 7.14. The van der Waals surface area contributed by atoms with Crippen molar-refractivity contribution in [2.45, 2.75) is 32.9 Å². The lowest BCUT2D eigenvalue weighted by atomic mass is 10.0. The molecule has 2 heterocycles. The van der Waals surface area contributed by atoms with Crippen molar-refractivity contribution in [2.75, 3.05) is 6.54 Å². The Labute approximate surface area is 139 Å². The highest BCUT2D eigenvalue weighted by Gasteiger charge is 2.25. The van der Waals surface area contributed by atoms with Gasteiger partial charge in [0.1, 0.15) is 0 Å². The van der Waals surface area contributed by atoms with Crippen LogP contribution in [0.3, 0.4) is 0 Å². The molecule has 0 fully saturated rings. The number of esters is 1. The standard InChI is InChI=1S/C17H18ClNO2S/c1-11(14-5-3-4-6-15(14)18)19-8-7-16-13(10-19)9-17(22-16)21-12(2)20/h3-6,9,11H,7-8,10H2,1-2H3/t11-/m1/s1. The maximum atomic E-state index is 11.1. The van der Waals surface area contributed by atoms with Gasteiger partial charge in [-0.05, 0) is 36.6 Å². The Morgan fingerprint density at radius 3 is 2.91 bits per heavy atom. The second-order valence-corrected chi connectivity index (χ2v) is 7.03. The van der Waals surface area contributed by atoms with Crippen molar-refractivity contribution in [3.05, 3.63) is 51.4 Å². The van der Waals surface area contributed by atoms with Gasteiger partial charge < -0.3 is 4.74 Å². The molecular weight excluding hydrogens is 318 g/mol. The number of halogens is 1. The van der Waals surface area contributed by atoms with E-state index in [2.05, 4.69) is 17.9 Å². The molecule has 22 heavy (non-hydrogen) atoms.